The Morgan fingerprint density at radius 2 is 2.22 bits per heavy atom. The van der Waals surface area contributed by atoms with Gasteiger partial charge < -0.3 is 19.9 Å². The number of hydrogen-bond acceptors (Lipinski definition) is 6. The summed E-state index contributed by atoms with van der Waals surface area (Å²) in [6, 6.07) is 4.15. The van der Waals surface area contributed by atoms with E-state index in [4.69, 9.17) is 14.5 Å². The van der Waals surface area contributed by atoms with Crippen molar-refractivity contribution in [1.29, 1.82) is 0 Å². The average Bonchev–Trinajstić information content (AvgIpc) is 3.23. The summed E-state index contributed by atoms with van der Waals surface area (Å²) in [5.74, 6) is 0.797. The fraction of sp³-hybridized carbons (Fsp3) is 0.643. The molecule has 1 aliphatic carbocycles. The van der Waals surface area contributed by atoms with Crippen LogP contribution < -0.4 is 5.32 Å². The van der Waals surface area contributed by atoms with E-state index in [-0.39, 0.29) is 17.8 Å². The molecule has 3 atom stereocenters. The number of carboxylic acids is 1. The lowest BCUT2D eigenvalue weighted by molar-refractivity contribution is -0.139. The quantitative estimate of drug-likeness (QED) is 0.411. The lowest BCUT2D eigenvalue weighted by Gasteiger charge is -2.39. The van der Waals surface area contributed by atoms with Gasteiger partial charge in [0.15, 0.2) is 0 Å². The van der Waals surface area contributed by atoms with E-state index in [0.29, 0.717) is 58.5 Å². The zero-order valence-electron chi connectivity index (χ0n) is 21.6. The number of carbonyl (C=O) groups is 1. The highest BCUT2D eigenvalue weighted by Gasteiger charge is 2.42. The number of ether oxygens (including phenoxy) is 2. The van der Waals surface area contributed by atoms with Crippen LogP contribution in [0.25, 0.3) is 0 Å². The van der Waals surface area contributed by atoms with Crippen molar-refractivity contribution in [2.45, 2.75) is 57.5 Å². The molecule has 0 spiro atoms. The third kappa shape index (κ3) is 6.85. The van der Waals surface area contributed by atoms with Gasteiger partial charge >= 0.3 is 5.97 Å². The molecule has 3 aliphatic rings. The number of carboxylic acid groups (broad SMARTS) is 1. The first-order valence-corrected chi connectivity index (χ1v) is 13.1. The van der Waals surface area contributed by atoms with Crippen LogP contribution in [0, 0.1) is 11.3 Å². The maximum absolute atomic E-state index is 15.8. The van der Waals surface area contributed by atoms with E-state index in [2.05, 4.69) is 29.3 Å². The van der Waals surface area contributed by atoms with Gasteiger partial charge in [-0.2, -0.15) is 0 Å². The lowest BCUT2D eigenvalue weighted by Crippen LogP contribution is -2.40. The van der Waals surface area contributed by atoms with Crippen LogP contribution in [0.5, 0.6) is 0 Å². The number of alkyl halides is 1. The molecule has 8 heteroatoms. The number of allylic oxidation sites excluding steroid dienone is 4. The zero-order valence-corrected chi connectivity index (χ0v) is 21.6. The molecule has 1 aromatic heterocycles. The fourth-order valence-corrected chi connectivity index (χ4v) is 5.67. The smallest absolute Gasteiger partial charge is 0.303 e. The molecule has 2 aliphatic heterocycles. The molecular weight excluding hydrogens is 461 g/mol. The van der Waals surface area contributed by atoms with Gasteiger partial charge in [0.2, 0.25) is 0 Å². The van der Waals surface area contributed by atoms with Crippen molar-refractivity contribution < 1.29 is 23.8 Å². The molecule has 0 bridgehead atoms. The second kappa shape index (κ2) is 11.7. The Labute approximate surface area is 213 Å². The van der Waals surface area contributed by atoms with Crippen molar-refractivity contribution in [3.63, 3.8) is 0 Å². The predicted molar refractivity (Wildman–Crippen MR) is 138 cm³/mol. The molecule has 0 amide bonds. The summed E-state index contributed by atoms with van der Waals surface area (Å²) in [5.41, 5.74) is 0.506. The average molecular weight is 502 g/mol. The van der Waals surface area contributed by atoms with Crippen molar-refractivity contribution in [1.82, 2.24) is 9.88 Å². The molecule has 0 saturated carbocycles. The van der Waals surface area contributed by atoms with E-state index in [1.807, 2.05) is 18.2 Å². The normalized spacial score (nSPS) is 26.7. The largest absolute Gasteiger partial charge is 0.496 e. The molecule has 1 fully saturated rings. The SMILES string of the molecule is COCCOC1=CC=CC(C)([C@@H](CC(=O)O)CN2CC[C@](F)(CCc3ccc4c(n3)NCCC4)C2)C1. The van der Waals surface area contributed by atoms with Crippen LogP contribution in [0.4, 0.5) is 10.2 Å². The zero-order chi connectivity index (χ0) is 25.6. The highest BCUT2D eigenvalue weighted by molar-refractivity contribution is 5.67. The number of pyridine rings is 1. The van der Waals surface area contributed by atoms with Gasteiger partial charge in [0.25, 0.3) is 0 Å². The summed E-state index contributed by atoms with van der Waals surface area (Å²) < 4.78 is 26.7. The number of aryl methyl sites for hydroxylation is 2. The minimum atomic E-state index is -1.28. The summed E-state index contributed by atoms with van der Waals surface area (Å²) in [4.78, 5) is 18.6. The van der Waals surface area contributed by atoms with Crippen LogP contribution in [0.2, 0.25) is 0 Å². The molecule has 0 radical (unpaired) electrons. The summed E-state index contributed by atoms with van der Waals surface area (Å²) in [5, 5.41) is 13.0. The molecule has 7 nitrogen and oxygen atoms in total. The number of likely N-dealkylation sites (tertiary alicyclic amines) is 1. The monoisotopic (exact) mass is 501 g/mol. The first-order chi connectivity index (χ1) is 17.3. The maximum atomic E-state index is 15.8. The molecule has 0 aromatic carbocycles. The van der Waals surface area contributed by atoms with Crippen LogP contribution in [0.1, 0.15) is 50.3 Å². The maximum Gasteiger partial charge on any atom is 0.303 e. The summed E-state index contributed by atoms with van der Waals surface area (Å²) in [6.07, 6.45) is 10.3. The second-order valence-electron chi connectivity index (χ2n) is 10.8. The summed E-state index contributed by atoms with van der Waals surface area (Å²) in [7, 11) is 1.63. The third-order valence-corrected chi connectivity index (χ3v) is 7.89. The minimum Gasteiger partial charge on any atom is -0.496 e. The topological polar surface area (TPSA) is 83.9 Å². The van der Waals surface area contributed by atoms with Crippen LogP contribution in [0.15, 0.2) is 36.1 Å². The number of rotatable bonds is 12. The van der Waals surface area contributed by atoms with Crippen LogP contribution in [0.3, 0.4) is 0 Å². The molecule has 2 N–H and O–H groups in total. The first-order valence-electron chi connectivity index (χ1n) is 13.1. The highest BCUT2D eigenvalue weighted by Crippen LogP contribution is 2.42. The van der Waals surface area contributed by atoms with Crippen molar-refractivity contribution >= 4 is 11.8 Å². The summed E-state index contributed by atoms with van der Waals surface area (Å²) in [6.45, 7) is 5.50. The van der Waals surface area contributed by atoms with E-state index in [1.54, 1.807) is 7.11 Å². The van der Waals surface area contributed by atoms with E-state index in [0.717, 1.165) is 36.7 Å². The minimum absolute atomic E-state index is 0.0357. The number of halogens is 1. The van der Waals surface area contributed by atoms with Crippen molar-refractivity contribution in [2.75, 3.05) is 51.8 Å². The Morgan fingerprint density at radius 1 is 1.36 bits per heavy atom. The van der Waals surface area contributed by atoms with E-state index >= 15 is 4.39 Å². The predicted octanol–water partition coefficient (Wildman–Crippen LogP) is 4.39. The number of nitrogens with one attached hydrogen (secondary N) is 1. The van der Waals surface area contributed by atoms with Gasteiger partial charge in [-0.15, -0.1) is 0 Å². The number of aliphatic carboxylic acids is 1. The molecule has 1 unspecified atom stereocenters. The van der Waals surface area contributed by atoms with Gasteiger partial charge in [0.1, 0.15) is 18.1 Å². The number of fused-ring (bicyclic) bond motifs is 1. The fourth-order valence-electron chi connectivity index (χ4n) is 5.67. The number of anilines is 1. The van der Waals surface area contributed by atoms with Gasteiger partial charge in [-0.05, 0) is 61.1 Å². The second-order valence-corrected chi connectivity index (χ2v) is 10.8. The molecule has 3 heterocycles. The van der Waals surface area contributed by atoms with E-state index in [1.165, 1.54) is 5.56 Å². The van der Waals surface area contributed by atoms with E-state index in [9.17, 15) is 9.90 Å². The van der Waals surface area contributed by atoms with Crippen LogP contribution in [-0.2, 0) is 27.1 Å². The molecule has 36 heavy (non-hydrogen) atoms. The number of hydrogen-bond donors (Lipinski definition) is 2. The molecule has 198 valence electrons. The Morgan fingerprint density at radius 3 is 3.03 bits per heavy atom. The van der Waals surface area contributed by atoms with Gasteiger partial charge in [-0.25, -0.2) is 9.37 Å². The number of nitrogens with zero attached hydrogens (tertiary/aromatic N) is 2. The number of methoxy groups -OCH3 is 1. The van der Waals surface area contributed by atoms with Crippen molar-refractivity contribution in [3.8, 4) is 0 Å². The molecule has 4 rings (SSSR count). The van der Waals surface area contributed by atoms with Gasteiger partial charge in [0.05, 0.1) is 18.8 Å². The lowest BCUT2D eigenvalue weighted by atomic mass is 9.70. The first kappa shape index (κ1) is 26.6. The third-order valence-electron chi connectivity index (χ3n) is 7.89. The van der Waals surface area contributed by atoms with Gasteiger partial charge in [-0.1, -0.05) is 25.1 Å². The Balaban J connectivity index is 1.34. The highest BCUT2D eigenvalue weighted by atomic mass is 19.1. The van der Waals surface area contributed by atoms with Crippen molar-refractivity contribution in [3.05, 3.63) is 47.4 Å². The van der Waals surface area contributed by atoms with E-state index < -0.39 is 11.6 Å². The number of aromatic nitrogens is 1. The Hall–Kier alpha value is -2.45. The molecular formula is C28H40FN3O4. The molecule has 1 saturated heterocycles. The van der Waals surface area contributed by atoms with Crippen LogP contribution >= 0.6 is 0 Å². The Bertz CT molecular complexity index is 984. The molecule has 1 aromatic rings. The van der Waals surface area contributed by atoms with Gasteiger partial charge in [-0.3, -0.25) is 9.69 Å². The standard InChI is InChI=1S/C28H40FN3O4/c1-27(10-3-6-24(18-27)36-16-15-35-2)22(17-25(33)34)19-32-14-12-28(29,20-32)11-9-23-8-7-21-5-4-13-30-26(21)31-23/h3,6-8,10,22H,4-5,9,11-20H2,1-2H3,(H,30,31)(H,33,34)/t22-,27?,28+/m0/s1. The van der Waals surface area contributed by atoms with Crippen LogP contribution in [-0.4, -0.2) is 73.1 Å². The summed E-state index contributed by atoms with van der Waals surface area (Å²) >= 11 is 0. The van der Waals surface area contributed by atoms with Gasteiger partial charge in [0, 0.05) is 45.4 Å². The Kier molecular flexibility index (Phi) is 8.67. The van der Waals surface area contributed by atoms with Crippen molar-refractivity contribution in [2.24, 2.45) is 11.3 Å².